The van der Waals surface area contributed by atoms with Crippen LogP contribution in [0.15, 0.2) is 24.3 Å². The molecule has 3 nitrogen and oxygen atoms in total. The van der Waals surface area contributed by atoms with E-state index in [4.69, 9.17) is 5.73 Å². The summed E-state index contributed by atoms with van der Waals surface area (Å²) in [5.41, 5.74) is 6.32. The molecule has 18 heavy (non-hydrogen) atoms. The van der Waals surface area contributed by atoms with Crippen molar-refractivity contribution in [2.45, 2.75) is 45.2 Å². The molecule has 4 heteroatoms. The number of hydrogen-bond acceptors (Lipinski definition) is 2. The fraction of sp³-hybridized carbons (Fsp3) is 0.500. The van der Waals surface area contributed by atoms with Gasteiger partial charge in [-0.1, -0.05) is 31.5 Å². The van der Waals surface area contributed by atoms with Gasteiger partial charge in [0.25, 0.3) is 0 Å². The maximum absolute atomic E-state index is 13.4. The van der Waals surface area contributed by atoms with E-state index >= 15 is 0 Å². The highest BCUT2D eigenvalue weighted by Crippen LogP contribution is 2.09. The molecule has 3 N–H and O–H groups in total. The molecule has 0 bridgehead atoms. The van der Waals surface area contributed by atoms with Gasteiger partial charge in [-0.25, -0.2) is 4.39 Å². The van der Waals surface area contributed by atoms with Gasteiger partial charge in [-0.15, -0.1) is 0 Å². The zero-order valence-electron chi connectivity index (χ0n) is 10.9. The Labute approximate surface area is 108 Å². The molecule has 0 aliphatic carbocycles. The Morgan fingerprint density at radius 2 is 2.11 bits per heavy atom. The van der Waals surface area contributed by atoms with Crippen molar-refractivity contribution in [1.82, 2.24) is 5.32 Å². The Morgan fingerprint density at radius 3 is 2.72 bits per heavy atom. The molecule has 1 aromatic rings. The number of nitrogens with two attached hydrogens (primary N) is 1. The molecule has 100 valence electrons. The third kappa shape index (κ3) is 4.45. The Balaban J connectivity index is 2.49. The van der Waals surface area contributed by atoms with E-state index in [0.717, 1.165) is 6.42 Å². The summed E-state index contributed by atoms with van der Waals surface area (Å²) in [6.07, 6.45) is 2.01. The first-order valence-corrected chi connectivity index (χ1v) is 6.34. The fourth-order valence-electron chi connectivity index (χ4n) is 1.84. The highest BCUT2D eigenvalue weighted by Gasteiger charge is 2.15. The topological polar surface area (TPSA) is 55.1 Å². The van der Waals surface area contributed by atoms with Crippen LogP contribution in [0, 0.1) is 5.82 Å². The molecule has 1 aromatic carbocycles. The molecule has 1 rings (SSSR count). The summed E-state index contributed by atoms with van der Waals surface area (Å²) in [7, 11) is 0. The van der Waals surface area contributed by atoms with Crippen molar-refractivity contribution < 1.29 is 9.18 Å². The van der Waals surface area contributed by atoms with Crippen LogP contribution in [0.5, 0.6) is 0 Å². The summed E-state index contributed by atoms with van der Waals surface area (Å²) in [6, 6.07) is 5.99. The van der Waals surface area contributed by atoms with Gasteiger partial charge in [0.1, 0.15) is 5.82 Å². The van der Waals surface area contributed by atoms with Crippen molar-refractivity contribution in [3.8, 4) is 0 Å². The number of benzene rings is 1. The lowest BCUT2D eigenvalue weighted by Gasteiger charge is -2.17. The second-order valence-electron chi connectivity index (χ2n) is 4.60. The minimum Gasteiger partial charge on any atom is -0.352 e. The van der Waals surface area contributed by atoms with Crippen molar-refractivity contribution in [2.75, 3.05) is 0 Å². The fourth-order valence-corrected chi connectivity index (χ4v) is 1.84. The lowest BCUT2D eigenvalue weighted by Crippen LogP contribution is -2.45. The van der Waals surface area contributed by atoms with Gasteiger partial charge in [0.15, 0.2) is 0 Å². The van der Waals surface area contributed by atoms with Crippen LogP contribution in [-0.2, 0) is 11.2 Å². The summed E-state index contributed by atoms with van der Waals surface area (Å²) >= 11 is 0. The quantitative estimate of drug-likeness (QED) is 0.813. The number of nitrogens with one attached hydrogen (secondary N) is 1. The van der Waals surface area contributed by atoms with Crippen molar-refractivity contribution in [3.05, 3.63) is 35.6 Å². The van der Waals surface area contributed by atoms with E-state index in [1.54, 1.807) is 18.2 Å². The maximum atomic E-state index is 13.4. The average molecular weight is 252 g/mol. The maximum Gasteiger partial charge on any atom is 0.237 e. The normalized spacial score (nSPS) is 14.0. The first kappa shape index (κ1) is 14.6. The van der Waals surface area contributed by atoms with Gasteiger partial charge in [0.2, 0.25) is 5.91 Å². The number of rotatable bonds is 6. The lowest BCUT2D eigenvalue weighted by molar-refractivity contribution is -0.123. The highest BCUT2D eigenvalue weighted by atomic mass is 19.1. The molecule has 2 atom stereocenters. The van der Waals surface area contributed by atoms with Crippen LogP contribution in [0.2, 0.25) is 0 Å². The zero-order chi connectivity index (χ0) is 13.5. The van der Waals surface area contributed by atoms with Gasteiger partial charge in [0.05, 0.1) is 6.04 Å². The van der Waals surface area contributed by atoms with Gasteiger partial charge in [-0.2, -0.15) is 0 Å². The van der Waals surface area contributed by atoms with Crippen LogP contribution in [-0.4, -0.2) is 18.0 Å². The van der Waals surface area contributed by atoms with Gasteiger partial charge < -0.3 is 11.1 Å². The van der Waals surface area contributed by atoms with Crippen LogP contribution in [0.1, 0.15) is 32.3 Å². The van der Waals surface area contributed by atoms with E-state index < -0.39 is 6.04 Å². The first-order chi connectivity index (χ1) is 8.54. The third-order valence-corrected chi connectivity index (χ3v) is 2.81. The molecule has 0 aliphatic heterocycles. The Morgan fingerprint density at radius 1 is 1.44 bits per heavy atom. The van der Waals surface area contributed by atoms with E-state index in [-0.39, 0.29) is 17.8 Å². The second-order valence-corrected chi connectivity index (χ2v) is 4.60. The van der Waals surface area contributed by atoms with Crippen LogP contribution in [0.3, 0.4) is 0 Å². The summed E-state index contributed by atoms with van der Waals surface area (Å²) in [4.78, 5) is 11.7. The molecule has 2 unspecified atom stereocenters. The van der Waals surface area contributed by atoms with E-state index in [1.807, 2.05) is 13.8 Å². The second kappa shape index (κ2) is 7.11. The molecule has 0 fully saturated rings. The predicted molar refractivity (Wildman–Crippen MR) is 70.6 cm³/mol. The van der Waals surface area contributed by atoms with Crippen LogP contribution in [0.25, 0.3) is 0 Å². The van der Waals surface area contributed by atoms with Crippen molar-refractivity contribution in [1.29, 1.82) is 0 Å². The molecule has 0 heterocycles. The Hall–Kier alpha value is -1.42. The van der Waals surface area contributed by atoms with Gasteiger partial charge >= 0.3 is 0 Å². The SMILES string of the molecule is CCCC(N)C(=O)NC(C)Cc1ccccc1F. The highest BCUT2D eigenvalue weighted by molar-refractivity contribution is 5.81. The molecule has 0 aliphatic rings. The van der Waals surface area contributed by atoms with Crippen molar-refractivity contribution >= 4 is 5.91 Å². The predicted octanol–water partition coefficient (Wildman–Crippen LogP) is 2.00. The van der Waals surface area contributed by atoms with E-state index in [0.29, 0.717) is 18.4 Å². The zero-order valence-corrected chi connectivity index (χ0v) is 10.9. The lowest BCUT2D eigenvalue weighted by atomic mass is 10.1. The largest absolute Gasteiger partial charge is 0.352 e. The molecular weight excluding hydrogens is 231 g/mol. The number of amides is 1. The summed E-state index contributed by atoms with van der Waals surface area (Å²) in [5.74, 6) is -0.405. The molecule has 0 aromatic heterocycles. The average Bonchev–Trinajstić information content (AvgIpc) is 2.32. The van der Waals surface area contributed by atoms with Crippen molar-refractivity contribution in [3.63, 3.8) is 0 Å². The van der Waals surface area contributed by atoms with E-state index in [2.05, 4.69) is 5.32 Å². The van der Waals surface area contributed by atoms with Gasteiger partial charge in [-0.05, 0) is 31.4 Å². The van der Waals surface area contributed by atoms with Gasteiger partial charge in [-0.3, -0.25) is 4.79 Å². The monoisotopic (exact) mass is 252 g/mol. The number of hydrogen-bond donors (Lipinski definition) is 2. The van der Waals surface area contributed by atoms with Crippen LogP contribution < -0.4 is 11.1 Å². The molecular formula is C14H21FN2O. The summed E-state index contributed by atoms with van der Waals surface area (Å²) in [5, 5.41) is 2.81. The molecule has 0 radical (unpaired) electrons. The number of halogens is 1. The Kier molecular flexibility index (Phi) is 5.78. The Bertz CT molecular complexity index is 395. The first-order valence-electron chi connectivity index (χ1n) is 6.34. The number of carbonyl (C=O) groups is 1. The molecule has 0 saturated carbocycles. The smallest absolute Gasteiger partial charge is 0.237 e. The van der Waals surface area contributed by atoms with Crippen LogP contribution in [0.4, 0.5) is 4.39 Å². The minimum atomic E-state index is -0.474. The standard InChI is InChI=1S/C14H21FN2O/c1-3-6-13(16)14(18)17-10(2)9-11-7-4-5-8-12(11)15/h4-5,7-8,10,13H,3,6,9,16H2,1-2H3,(H,17,18). The summed E-state index contributed by atoms with van der Waals surface area (Å²) in [6.45, 7) is 3.83. The summed E-state index contributed by atoms with van der Waals surface area (Å²) < 4.78 is 13.4. The van der Waals surface area contributed by atoms with Crippen LogP contribution >= 0.6 is 0 Å². The molecule has 0 saturated heterocycles. The van der Waals surface area contributed by atoms with Gasteiger partial charge in [0, 0.05) is 6.04 Å². The third-order valence-electron chi connectivity index (χ3n) is 2.81. The number of carbonyl (C=O) groups excluding carboxylic acids is 1. The minimum absolute atomic E-state index is 0.127. The molecule has 1 amide bonds. The van der Waals surface area contributed by atoms with Crippen molar-refractivity contribution in [2.24, 2.45) is 5.73 Å². The van der Waals surface area contributed by atoms with E-state index in [9.17, 15) is 9.18 Å². The molecule has 0 spiro atoms. The van der Waals surface area contributed by atoms with E-state index in [1.165, 1.54) is 6.07 Å².